The fourth-order valence-corrected chi connectivity index (χ4v) is 3.58. The molecule has 32 heavy (non-hydrogen) atoms. The van der Waals surface area contributed by atoms with Crippen LogP contribution in [0, 0.1) is 20.2 Å². The van der Waals surface area contributed by atoms with Gasteiger partial charge in [-0.05, 0) is 24.3 Å². The Kier molecular flexibility index (Phi) is 4.44. The van der Waals surface area contributed by atoms with Gasteiger partial charge in [-0.3, -0.25) is 25.3 Å². The van der Waals surface area contributed by atoms with Gasteiger partial charge in [0, 0.05) is 35.4 Å². The first kappa shape index (κ1) is 19.1. The summed E-state index contributed by atoms with van der Waals surface area (Å²) >= 11 is 0. The number of para-hydroxylation sites is 2. The van der Waals surface area contributed by atoms with Crippen LogP contribution in [0.5, 0.6) is 0 Å². The van der Waals surface area contributed by atoms with Crippen molar-refractivity contribution in [2.24, 2.45) is 0 Å². The molecule has 0 saturated carbocycles. The van der Waals surface area contributed by atoms with Gasteiger partial charge in [-0.25, -0.2) is 4.98 Å². The molecule has 2 N–H and O–H groups in total. The molecule has 10 heteroatoms. The number of nitro benzene ring substituents is 2. The molecular weight excluding hydrogens is 412 g/mol. The van der Waals surface area contributed by atoms with E-state index in [9.17, 15) is 20.2 Å². The number of non-ortho nitro benzene ring substituents is 2. The first-order valence-electron chi connectivity index (χ1n) is 9.54. The van der Waals surface area contributed by atoms with E-state index in [0.717, 1.165) is 11.0 Å². The predicted molar refractivity (Wildman–Crippen MR) is 118 cm³/mol. The van der Waals surface area contributed by atoms with Crippen LogP contribution in [-0.2, 0) is 0 Å². The molecule has 0 fully saturated rings. The summed E-state index contributed by atoms with van der Waals surface area (Å²) in [6, 6.07) is 19.8. The summed E-state index contributed by atoms with van der Waals surface area (Å²) in [6.07, 6.45) is 0. The number of hydrogen-bond acceptors (Lipinski definition) is 6. The van der Waals surface area contributed by atoms with Gasteiger partial charge < -0.3 is 4.98 Å². The van der Waals surface area contributed by atoms with Gasteiger partial charge in [-0.2, -0.15) is 5.10 Å². The van der Waals surface area contributed by atoms with E-state index in [1.807, 2.05) is 24.3 Å². The van der Waals surface area contributed by atoms with E-state index in [-0.39, 0.29) is 11.4 Å². The van der Waals surface area contributed by atoms with Crippen molar-refractivity contribution in [3.8, 4) is 33.9 Å². The van der Waals surface area contributed by atoms with Gasteiger partial charge in [0.25, 0.3) is 11.4 Å². The van der Waals surface area contributed by atoms with Crippen LogP contribution in [0.2, 0.25) is 0 Å². The van der Waals surface area contributed by atoms with Crippen LogP contribution in [0.3, 0.4) is 0 Å². The molecule has 5 rings (SSSR count). The number of imidazole rings is 1. The van der Waals surface area contributed by atoms with E-state index in [1.165, 1.54) is 24.3 Å². The summed E-state index contributed by atoms with van der Waals surface area (Å²) in [5, 5.41) is 29.7. The lowest BCUT2D eigenvalue weighted by Crippen LogP contribution is -1.91. The van der Waals surface area contributed by atoms with Crippen molar-refractivity contribution in [2.45, 2.75) is 0 Å². The number of nitrogens with one attached hydrogen (secondary N) is 2. The van der Waals surface area contributed by atoms with Gasteiger partial charge in [0.15, 0.2) is 0 Å². The Hall–Kier alpha value is -4.86. The first-order chi connectivity index (χ1) is 15.5. The number of H-pyrrole nitrogens is 2. The predicted octanol–water partition coefficient (Wildman–Crippen LogP) is 5.10. The maximum atomic E-state index is 11.3. The Morgan fingerprint density at radius 3 is 2.25 bits per heavy atom. The van der Waals surface area contributed by atoms with E-state index in [0.29, 0.717) is 33.9 Å². The lowest BCUT2D eigenvalue weighted by molar-refractivity contribution is -0.385. The highest BCUT2D eigenvalue weighted by Gasteiger charge is 2.22. The SMILES string of the molecule is O=[N+]([O-])c1ccc(-c2[nH]nc(-c3cccc([N+](=O)[O-])c3)c2-c2nc3ccccc3[nH]2)cc1. The molecule has 0 aliphatic heterocycles. The standard InChI is InChI=1S/C22H14N6O4/c29-27(30)15-10-8-13(9-11-15)20-19(22-23-17-6-1-2-7-18(17)24-22)21(26-25-20)14-4-3-5-16(12-14)28(31)32/h1-12H,(H,23,24)(H,25,26). The van der Waals surface area contributed by atoms with Crippen LogP contribution in [0.15, 0.2) is 72.8 Å². The molecule has 0 bridgehead atoms. The second kappa shape index (κ2) is 7.43. The smallest absolute Gasteiger partial charge is 0.270 e. The third-order valence-corrected chi connectivity index (χ3v) is 5.09. The third kappa shape index (κ3) is 3.25. The topological polar surface area (TPSA) is 144 Å². The Morgan fingerprint density at radius 1 is 0.781 bits per heavy atom. The molecule has 0 saturated heterocycles. The van der Waals surface area contributed by atoms with E-state index in [1.54, 1.807) is 24.3 Å². The second-order valence-electron chi connectivity index (χ2n) is 7.04. The fourth-order valence-electron chi connectivity index (χ4n) is 3.58. The van der Waals surface area contributed by atoms with E-state index in [4.69, 9.17) is 0 Å². The zero-order valence-electron chi connectivity index (χ0n) is 16.4. The van der Waals surface area contributed by atoms with E-state index in [2.05, 4.69) is 20.2 Å². The molecular formula is C22H14N6O4. The Labute approximate surface area is 179 Å². The average Bonchev–Trinajstić information content (AvgIpc) is 3.43. The van der Waals surface area contributed by atoms with Crippen molar-refractivity contribution in [3.05, 3.63) is 93.0 Å². The summed E-state index contributed by atoms with van der Waals surface area (Å²) in [5.74, 6) is 0.523. The molecule has 0 atom stereocenters. The van der Waals surface area contributed by atoms with Crippen molar-refractivity contribution in [1.29, 1.82) is 0 Å². The van der Waals surface area contributed by atoms with Crippen LogP contribution in [0.25, 0.3) is 44.9 Å². The van der Waals surface area contributed by atoms with Crippen LogP contribution in [0.1, 0.15) is 0 Å². The molecule has 0 unspecified atom stereocenters. The second-order valence-corrected chi connectivity index (χ2v) is 7.04. The Morgan fingerprint density at radius 2 is 1.53 bits per heavy atom. The number of nitro groups is 2. The molecule has 0 spiro atoms. The van der Waals surface area contributed by atoms with Crippen LogP contribution in [-0.4, -0.2) is 30.0 Å². The highest BCUT2D eigenvalue weighted by atomic mass is 16.6. The molecule has 5 aromatic rings. The van der Waals surface area contributed by atoms with Gasteiger partial charge >= 0.3 is 0 Å². The molecule has 0 aliphatic carbocycles. The zero-order valence-corrected chi connectivity index (χ0v) is 16.4. The number of aromatic nitrogens is 4. The molecule has 156 valence electrons. The van der Waals surface area contributed by atoms with Crippen LogP contribution >= 0.6 is 0 Å². The van der Waals surface area contributed by atoms with Crippen LogP contribution in [0.4, 0.5) is 11.4 Å². The maximum absolute atomic E-state index is 11.3. The Balaban J connectivity index is 1.73. The summed E-state index contributed by atoms with van der Waals surface area (Å²) in [5.41, 5.74) is 4.36. The van der Waals surface area contributed by atoms with Crippen molar-refractivity contribution in [1.82, 2.24) is 20.2 Å². The third-order valence-electron chi connectivity index (χ3n) is 5.09. The van der Waals surface area contributed by atoms with Gasteiger partial charge in [-0.1, -0.05) is 24.3 Å². The molecule has 3 aromatic carbocycles. The highest BCUT2D eigenvalue weighted by molar-refractivity contribution is 5.92. The van der Waals surface area contributed by atoms with Crippen molar-refractivity contribution in [3.63, 3.8) is 0 Å². The monoisotopic (exact) mass is 426 g/mol. The van der Waals surface area contributed by atoms with Gasteiger partial charge in [0.2, 0.25) is 0 Å². The highest BCUT2D eigenvalue weighted by Crippen LogP contribution is 2.38. The van der Waals surface area contributed by atoms with E-state index < -0.39 is 9.85 Å². The summed E-state index contributed by atoms with van der Waals surface area (Å²) < 4.78 is 0. The van der Waals surface area contributed by atoms with Gasteiger partial charge in [0.1, 0.15) is 11.5 Å². The van der Waals surface area contributed by atoms with Crippen molar-refractivity contribution < 1.29 is 9.85 Å². The van der Waals surface area contributed by atoms with Crippen molar-refractivity contribution in [2.75, 3.05) is 0 Å². The minimum Gasteiger partial charge on any atom is -0.338 e. The number of benzene rings is 3. The number of rotatable bonds is 5. The number of fused-ring (bicyclic) bond motifs is 1. The van der Waals surface area contributed by atoms with E-state index >= 15 is 0 Å². The number of aromatic amines is 2. The maximum Gasteiger partial charge on any atom is 0.270 e. The van der Waals surface area contributed by atoms with Crippen LogP contribution < -0.4 is 0 Å². The number of nitrogens with zero attached hydrogens (tertiary/aromatic N) is 4. The molecule has 2 heterocycles. The summed E-state index contributed by atoms with van der Waals surface area (Å²) in [6.45, 7) is 0. The largest absolute Gasteiger partial charge is 0.338 e. The molecule has 10 nitrogen and oxygen atoms in total. The minimum absolute atomic E-state index is 0.0301. The number of hydrogen-bond donors (Lipinski definition) is 2. The zero-order chi connectivity index (χ0) is 22.2. The molecule has 0 amide bonds. The lowest BCUT2D eigenvalue weighted by Gasteiger charge is -2.05. The minimum atomic E-state index is -0.467. The lowest BCUT2D eigenvalue weighted by atomic mass is 10.0. The fraction of sp³-hybridized carbons (Fsp3) is 0. The molecule has 0 radical (unpaired) electrons. The van der Waals surface area contributed by atoms with Gasteiger partial charge in [0.05, 0.1) is 32.1 Å². The molecule has 2 aromatic heterocycles. The first-order valence-corrected chi connectivity index (χ1v) is 9.54. The molecule has 0 aliphatic rings. The summed E-state index contributed by atoms with van der Waals surface area (Å²) in [7, 11) is 0. The Bertz CT molecular complexity index is 1450. The normalized spacial score (nSPS) is 11.0. The average molecular weight is 426 g/mol. The van der Waals surface area contributed by atoms with Gasteiger partial charge in [-0.15, -0.1) is 0 Å². The summed E-state index contributed by atoms with van der Waals surface area (Å²) in [4.78, 5) is 29.3. The quantitative estimate of drug-likeness (QED) is 0.295. The van der Waals surface area contributed by atoms with Crippen molar-refractivity contribution >= 4 is 22.4 Å².